The fourth-order valence-corrected chi connectivity index (χ4v) is 3.52. The van der Waals surface area contributed by atoms with Gasteiger partial charge in [-0.3, -0.25) is 0 Å². The number of imidazole rings is 1. The lowest BCUT2D eigenvalue weighted by atomic mass is 10.0. The molecule has 1 aromatic carbocycles. The maximum atomic E-state index is 4.80. The van der Waals surface area contributed by atoms with Gasteiger partial charge < -0.3 is 9.47 Å². The van der Waals surface area contributed by atoms with Crippen molar-refractivity contribution in [1.29, 1.82) is 0 Å². The minimum Gasteiger partial charge on any atom is -0.331 e. The molecule has 136 valence electrons. The van der Waals surface area contributed by atoms with Gasteiger partial charge in [0.1, 0.15) is 0 Å². The summed E-state index contributed by atoms with van der Waals surface area (Å²) in [6, 6.07) is 8.53. The number of halogens is 1. The molecule has 0 saturated heterocycles. The third-order valence-corrected chi connectivity index (χ3v) is 4.92. The summed E-state index contributed by atoms with van der Waals surface area (Å²) in [7, 11) is 0. The monoisotopic (exact) mass is 413 g/mol. The molecule has 0 unspecified atom stereocenters. The predicted molar refractivity (Wildman–Crippen MR) is 109 cm³/mol. The molecule has 0 amide bonds. The van der Waals surface area contributed by atoms with Crippen LogP contribution in [0.5, 0.6) is 0 Å². The van der Waals surface area contributed by atoms with Crippen LogP contribution in [0.1, 0.15) is 43.6 Å². The molecule has 26 heavy (non-hydrogen) atoms. The van der Waals surface area contributed by atoms with Crippen LogP contribution >= 0.6 is 15.9 Å². The summed E-state index contributed by atoms with van der Waals surface area (Å²) < 4.78 is 3.07. The number of rotatable bonds is 6. The molecule has 0 spiro atoms. The number of benzene rings is 1. The van der Waals surface area contributed by atoms with Crippen LogP contribution in [0.25, 0.3) is 0 Å². The molecule has 0 N–H and O–H groups in total. The number of aryl methyl sites for hydroxylation is 1. The molecule has 6 heteroatoms. The summed E-state index contributed by atoms with van der Waals surface area (Å²) in [5.41, 5.74) is 4.32. The van der Waals surface area contributed by atoms with Gasteiger partial charge in [-0.1, -0.05) is 19.9 Å². The maximum Gasteiger partial charge on any atom is 0.230 e. The second-order valence-electron chi connectivity index (χ2n) is 6.65. The zero-order valence-corrected chi connectivity index (χ0v) is 17.2. The highest BCUT2D eigenvalue weighted by molar-refractivity contribution is 9.10. The van der Waals surface area contributed by atoms with Crippen LogP contribution in [0.15, 0.2) is 47.5 Å². The molecule has 3 aromatic rings. The summed E-state index contributed by atoms with van der Waals surface area (Å²) in [6.07, 6.45) is 5.52. The molecule has 0 saturated carbocycles. The molecule has 3 rings (SSSR count). The van der Waals surface area contributed by atoms with Gasteiger partial charge in [0.2, 0.25) is 5.95 Å². The first kappa shape index (κ1) is 18.6. The summed E-state index contributed by atoms with van der Waals surface area (Å²) in [4.78, 5) is 15.7. The van der Waals surface area contributed by atoms with Crippen molar-refractivity contribution < 1.29 is 0 Å². The van der Waals surface area contributed by atoms with Gasteiger partial charge in [-0.25, -0.2) is 15.0 Å². The van der Waals surface area contributed by atoms with Crippen molar-refractivity contribution in [2.45, 2.75) is 40.2 Å². The Kier molecular flexibility index (Phi) is 5.71. The van der Waals surface area contributed by atoms with Crippen molar-refractivity contribution in [1.82, 2.24) is 19.5 Å². The van der Waals surface area contributed by atoms with Crippen molar-refractivity contribution >= 4 is 27.6 Å². The van der Waals surface area contributed by atoms with E-state index >= 15 is 0 Å². The highest BCUT2D eigenvalue weighted by Crippen LogP contribution is 2.33. The van der Waals surface area contributed by atoms with Gasteiger partial charge in [0.05, 0.1) is 24.3 Å². The van der Waals surface area contributed by atoms with Gasteiger partial charge in [-0.2, -0.15) is 0 Å². The van der Waals surface area contributed by atoms with E-state index < -0.39 is 0 Å². The van der Waals surface area contributed by atoms with E-state index in [4.69, 9.17) is 4.98 Å². The summed E-state index contributed by atoms with van der Waals surface area (Å²) in [5, 5.41) is 0. The Morgan fingerprint density at radius 3 is 2.62 bits per heavy atom. The minimum atomic E-state index is 0.493. The largest absolute Gasteiger partial charge is 0.331 e. The first-order valence-electron chi connectivity index (χ1n) is 8.85. The SMILES string of the molecule is CCN(c1nc(C)cc(Cn2ccnc2)n1)c1ccc(C(C)C)cc1Br. The van der Waals surface area contributed by atoms with E-state index in [0.717, 1.165) is 34.0 Å². The Bertz CT molecular complexity index is 874. The van der Waals surface area contributed by atoms with Crippen molar-refractivity contribution in [2.75, 3.05) is 11.4 Å². The highest BCUT2D eigenvalue weighted by atomic mass is 79.9. The van der Waals surface area contributed by atoms with Crippen LogP contribution in [-0.2, 0) is 6.54 Å². The van der Waals surface area contributed by atoms with Crippen LogP contribution in [-0.4, -0.2) is 26.1 Å². The smallest absolute Gasteiger partial charge is 0.230 e. The van der Waals surface area contributed by atoms with Crippen LogP contribution in [0.4, 0.5) is 11.6 Å². The Hall–Kier alpha value is -2.21. The summed E-state index contributed by atoms with van der Waals surface area (Å²) in [6.45, 7) is 9.99. The fraction of sp³-hybridized carbons (Fsp3) is 0.350. The number of hydrogen-bond acceptors (Lipinski definition) is 4. The average molecular weight is 414 g/mol. The standard InChI is InChI=1S/C20H24BrN5/c1-5-26(19-7-6-16(14(2)3)11-18(19)21)20-23-15(4)10-17(24-20)12-25-9-8-22-13-25/h6-11,13-14H,5,12H2,1-4H3. The first-order valence-corrected chi connectivity index (χ1v) is 9.64. The van der Waals surface area contributed by atoms with Crippen molar-refractivity contribution in [3.8, 4) is 0 Å². The van der Waals surface area contributed by atoms with E-state index in [9.17, 15) is 0 Å². The molecule has 0 radical (unpaired) electrons. The van der Waals surface area contributed by atoms with Gasteiger partial charge in [0, 0.05) is 29.1 Å². The lowest BCUT2D eigenvalue weighted by Gasteiger charge is -2.24. The van der Waals surface area contributed by atoms with E-state index in [-0.39, 0.29) is 0 Å². The van der Waals surface area contributed by atoms with Gasteiger partial charge >= 0.3 is 0 Å². The van der Waals surface area contributed by atoms with Crippen LogP contribution in [0, 0.1) is 6.92 Å². The first-order chi connectivity index (χ1) is 12.5. The quantitative estimate of drug-likeness (QED) is 0.565. The van der Waals surface area contributed by atoms with Crippen LogP contribution in [0.3, 0.4) is 0 Å². The van der Waals surface area contributed by atoms with Gasteiger partial charge in [-0.05, 0) is 59.5 Å². The van der Waals surface area contributed by atoms with Gasteiger partial charge in [-0.15, -0.1) is 0 Å². The second kappa shape index (κ2) is 7.99. The Balaban J connectivity index is 1.96. The molecule has 5 nitrogen and oxygen atoms in total. The van der Waals surface area contributed by atoms with Gasteiger partial charge in [0.25, 0.3) is 0 Å². The third kappa shape index (κ3) is 4.12. The lowest BCUT2D eigenvalue weighted by molar-refractivity contribution is 0.761. The number of nitrogens with zero attached hydrogens (tertiary/aromatic N) is 5. The molecule has 0 aliphatic carbocycles. The third-order valence-electron chi connectivity index (χ3n) is 4.29. The van der Waals surface area contributed by atoms with E-state index in [1.807, 2.05) is 23.8 Å². The second-order valence-corrected chi connectivity index (χ2v) is 7.50. The Morgan fingerprint density at radius 1 is 1.19 bits per heavy atom. The number of aromatic nitrogens is 4. The number of hydrogen-bond donors (Lipinski definition) is 0. The maximum absolute atomic E-state index is 4.80. The molecule has 0 aliphatic rings. The van der Waals surface area contributed by atoms with Crippen molar-refractivity contribution in [3.63, 3.8) is 0 Å². The predicted octanol–water partition coefficient (Wildman–Crippen LogP) is 5.07. The topological polar surface area (TPSA) is 46.8 Å². The zero-order chi connectivity index (χ0) is 18.7. The normalized spacial score (nSPS) is 11.2. The lowest BCUT2D eigenvalue weighted by Crippen LogP contribution is -2.20. The van der Waals surface area contributed by atoms with Gasteiger partial charge in [0.15, 0.2) is 0 Å². The van der Waals surface area contributed by atoms with Crippen LogP contribution < -0.4 is 4.90 Å². The molecule has 0 bridgehead atoms. The molecular formula is C20H24BrN5. The number of anilines is 2. The molecular weight excluding hydrogens is 390 g/mol. The van der Waals surface area contributed by atoms with E-state index in [1.54, 1.807) is 12.5 Å². The molecule has 0 aliphatic heterocycles. The summed E-state index contributed by atoms with van der Waals surface area (Å²) >= 11 is 3.73. The Labute approximate surface area is 163 Å². The van der Waals surface area contributed by atoms with E-state index in [2.05, 4.69) is 69.8 Å². The van der Waals surface area contributed by atoms with Crippen LogP contribution in [0.2, 0.25) is 0 Å². The molecule has 0 fully saturated rings. The average Bonchev–Trinajstić information content (AvgIpc) is 3.09. The highest BCUT2D eigenvalue weighted by Gasteiger charge is 2.16. The fourth-order valence-electron chi connectivity index (χ4n) is 2.91. The van der Waals surface area contributed by atoms with Crippen molar-refractivity contribution in [3.05, 3.63) is 64.4 Å². The zero-order valence-electron chi connectivity index (χ0n) is 15.6. The van der Waals surface area contributed by atoms with E-state index in [0.29, 0.717) is 12.5 Å². The summed E-state index contributed by atoms with van der Waals surface area (Å²) in [5.74, 6) is 1.22. The van der Waals surface area contributed by atoms with E-state index in [1.165, 1.54) is 5.56 Å². The molecule has 0 atom stereocenters. The molecule has 2 heterocycles. The molecule has 2 aromatic heterocycles. The Morgan fingerprint density at radius 2 is 2.00 bits per heavy atom. The minimum absolute atomic E-state index is 0.493. The van der Waals surface area contributed by atoms with Crippen molar-refractivity contribution in [2.24, 2.45) is 0 Å².